The van der Waals surface area contributed by atoms with Gasteiger partial charge >= 0.3 is 0 Å². The first-order chi connectivity index (χ1) is 15.2. The fourth-order valence-electron chi connectivity index (χ4n) is 3.37. The van der Waals surface area contributed by atoms with Gasteiger partial charge in [-0.05, 0) is 29.7 Å². The summed E-state index contributed by atoms with van der Waals surface area (Å²) >= 11 is 0. The molecule has 0 aromatic heterocycles. The smallest absolute Gasteiger partial charge is 0.255 e. The molecule has 0 atom stereocenters. The summed E-state index contributed by atoms with van der Waals surface area (Å²) in [6.45, 7) is 1.44. The van der Waals surface area contributed by atoms with E-state index in [4.69, 9.17) is 4.74 Å². The lowest BCUT2D eigenvalue weighted by Gasteiger charge is -2.23. The Bertz CT molecular complexity index is 974. The molecule has 0 bridgehead atoms. The minimum atomic E-state index is -0.246. The molecule has 0 fully saturated rings. The molecule has 3 aromatic rings. The summed E-state index contributed by atoms with van der Waals surface area (Å²) in [5.74, 6) is 0.282. The first-order valence-corrected chi connectivity index (χ1v) is 10.4. The molecule has 3 rings (SSSR count). The number of carbonyl (C=O) groups excluding carboxylic acids is 2. The molecule has 0 saturated heterocycles. The van der Waals surface area contributed by atoms with Gasteiger partial charge in [-0.15, -0.1) is 0 Å². The predicted octanol–water partition coefficient (Wildman–Crippen LogP) is 4.09. The summed E-state index contributed by atoms with van der Waals surface area (Å²) < 4.78 is 5.24. The van der Waals surface area contributed by atoms with E-state index in [-0.39, 0.29) is 24.8 Å². The number of nitrogens with zero attached hydrogens (tertiary/aromatic N) is 1. The summed E-state index contributed by atoms with van der Waals surface area (Å²) in [4.78, 5) is 27.3. The van der Waals surface area contributed by atoms with Gasteiger partial charge in [0.05, 0.1) is 12.7 Å². The Labute approximate surface area is 183 Å². The van der Waals surface area contributed by atoms with Crippen LogP contribution in [0.3, 0.4) is 0 Å². The van der Waals surface area contributed by atoms with Crippen LogP contribution >= 0.6 is 0 Å². The number of benzene rings is 3. The molecule has 5 nitrogen and oxygen atoms in total. The summed E-state index contributed by atoms with van der Waals surface area (Å²) in [6, 6.07) is 27.1. The van der Waals surface area contributed by atoms with Gasteiger partial charge in [0.2, 0.25) is 5.91 Å². The number of amides is 2. The minimum Gasteiger partial charge on any atom is -0.496 e. The highest BCUT2D eigenvalue weighted by Crippen LogP contribution is 2.17. The van der Waals surface area contributed by atoms with Crippen LogP contribution in [0.2, 0.25) is 0 Å². The summed E-state index contributed by atoms with van der Waals surface area (Å²) in [7, 11) is 1.53. The number of nitrogens with one attached hydrogen (secondary N) is 1. The van der Waals surface area contributed by atoms with E-state index in [0.717, 1.165) is 12.0 Å². The number of rotatable bonds is 10. The second-order valence-electron chi connectivity index (χ2n) is 7.24. The Hall–Kier alpha value is -3.60. The molecule has 0 saturated carbocycles. The molecule has 0 radical (unpaired) electrons. The van der Waals surface area contributed by atoms with Gasteiger partial charge in [-0.3, -0.25) is 9.59 Å². The zero-order valence-corrected chi connectivity index (χ0v) is 17.8. The molecule has 31 heavy (non-hydrogen) atoms. The molecule has 5 heteroatoms. The maximum Gasteiger partial charge on any atom is 0.255 e. The van der Waals surface area contributed by atoms with Gasteiger partial charge < -0.3 is 15.0 Å². The number of ether oxygens (including phenoxy) is 1. The molecule has 0 spiro atoms. The summed E-state index contributed by atoms with van der Waals surface area (Å²) in [5, 5.41) is 2.83. The third-order valence-corrected chi connectivity index (χ3v) is 5.06. The van der Waals surface area contributed by atoms with Crippen LogP contribution in [0.4, 0.5) is 0 Å². The van der Waals surface area contributed by atoms with Gasteiger partial charge in [0.15, 0.2) is 0 Å². The molecular formula is C26H28N2O3. The van der Waals surface area contributed by atoms with Crippen molar-refractivity contribution < 1.29 is 14.3 Å². The molecule has 0 unspecified atom stereocenters. The van der Waals surface area contributed by atoms with Crippen molar-refractivity contribution in [3.63, 3.8) is 0 Å². The SMILES string of the molecule is COc1ccccc1C(=O)NCCC(=O)N(CCc1ccccc1)Cc1ccccc1. The molecule has 3 aromatic carbocycles. The van der Waals surface area contributed by atoms with E-state index < -0.39 is 0 Å². The van der Waals surface area contributed by atoms with Crippen LogP contribution in [0.15, 0.2) is 84.9 Å². The molecule has 0 aliphatic heterocycles. The normalized spacial score (nSPS) is 10.4. The molecule has 0 aliphatic rings. The molecule has 0 heterocycles. The Morgan fingerprint density at radius 1 is 0.839 bits per heavy atom. The minimum absolute atomic E-state index is 0.0140. The van der Waals surface area contributed by atoms with Crippen molar-refractivity contribution in [3.05, 3.63) is 102 Å². The van der Waals surface area contributed by atoms with Gasteiger partial charge in [-0.2, -0.15) is 0 Å². The van der Waals surface area contributed by atoms with Gasteiger partial charge in [-0.25, -0.2) is 0 Å². The maximum absolute atomic E-state index is 13.0. The molecule has 2 amide bonds. The van der Waals surface area contributed by atoms with Gasteiger partial charge in [0.25, 0.3) is 5.91 Å². The number of hydrogen-bond donors (Lipinski definition) is 1. The van der Waals surface area contributed by atoms with Crippen LogP contribution < -0.4 is 10.1 Å². The zero-order valence-electron chi connectivity index (χ0n) is 17.8. The number of carbonyl (C=O) groups is 2. The Morgan fingerprint density at radius 2 is 1.45 bits per heavy atom. The van der Waals surface area contributed by atoms with Crippen molar-refractivity contribution in [3.8, 4) is 5.75 Å². The monoisotopic (exact) mass is 416 g/mol. The van der Waals surface area contributed by atoms with Crippen molar-refractivity contribution in [1.82, 2.24) is 10.2 Å². The molecular weight excluding hydrogens is 388 g/mol. The average Bonchev–Trinajstić information content (AvgIpc) is 2.82. The lowest BCUT2D eigenvalue weighted by Crippen LogP contribution is -2.35. The highest BCUT2D eigenvalue weighted by atomic mass is 16.5. The van der Waals surface area contributed by atoms with E-state index in [9.17, 15) is 9.59 Å². The number of methoxy groups -OCH3 is 1. The van der Waals surface area contributed by atoms with Crippen LogP contribution in [0.5, 0.6) is 5.75 Å². The maximum atomic E-state index is 13.0. The quantitative estimate of drug-likeness (QED) is 0.542. The second-order valence-corrected chi connectivity index (χ2v) is 7.24. The number of hydrogen-bond acceptors (Lipinski definition) is 3. The first-order valence-electron chi connectivity index (χ1n) is 10.4. The van der Waals surface area contributed by atoms with Crippen molar-refractivity contribution in [2.24, 2.45) is 0 Å². The van der Waals surface area contributed by atoms with Crippen LogP contribution in [0, 0.1) is 0 Å². The number of para-hydroxylation sites is 1. The van der Waals surface area contributed by atoms with E-state index in [0.29, 0.717) is 24.4 Å². The standard InChI is InChI=1S/C26H28N2O3/c1-31-24-15-9-8-14-23(24)26(30)27-18-16-25(29)28(20-22-12-6-3-7-13-22)19-17-21-10-4-2-5-11-21/h2-15H,16-20H2,1H3,(H,27,30). The van der Waals surface area contributed by atoms with E-state index in [1.807, 2.05) is 59.5 Å². The van der Waals surface area contributed by atoms with Gasteiger partial charge in [0, 0.05) is 26.1 Å². The van der Waals surface area contributed by atoms with Crippen LogP contribution in [-0.4, -0.2) is 36.9 Å². The summed E-state index contributed by atoms with van der Waals surface area (Å²) in [5.41, 5.74) is 2.74. The van der Waals surface area contributed by atoms with Gasteiger partial charge in [0.1, 0.15) is 5.75 Å². The van der Waals surface area contributed by atoms with E-state index >= 15 is 0 Å². The average molecular weight is 417 g/mol. The van der Waals surface area contributed by atoms with Crippen molar-refractivity contribution >= 4 is 11.8 Å². The second kappa shape index (κ2) is 11.6. The van der Waals surface area contributed by atoms with E-state index in [2.05, 4.69) is 17.4 Å². The molecule has 160 valence electrons. The topological polar surface area (TPSA) is 58.6 Å². The van der Waals surface area contributed by atoms with E-state index in [1.165, 1.54) is 12.7 Å². The Balaban J connectivity index is 1.58. The highest BCUT2D eigenvalue weighted by molar-refractivity contribution is 5.97. The van der Waals surface area contributed by atoms with Crippen molar-refractivity contribution in [2.45, 2.75) is 19.4 Å². The Morgan fingerprint density at radius 3 is 2.13 bits per heavy atom. The molecule has 0 aliphatic carbocycles. The highest BCUT2D eigenvalue weighted by Gasteiger charge is 2.16. The molecule has 1 N–H and O–H groups in total. The third kappa shape index (κ3) is 6.71. The van der Waals surface area contributed by atoms with Crippen LogP contribution in [-0.2, 0) is 17.8 Å². The summed E-state index contributed by atoms with van der Waals surface area (Å²) in [6.07, 6.45) is 1.02. The van der Waals surface area contributed by atoms with Gasteiger partial charge in [-0.1, -0.05) is 72.8 Å². The zero-order chi connectivity index (χ0) is 21.9. The van der Waals surface area contributed by atoms with Crippen molar-refractivity contribution in [2.75, 3.05) is 20.2 Å². The lowest BCUT2D eigenvalue weighted by atomic mass is 10.1. The third-order valence-electron chi connectivity index (χ3n) is 5.06. The first kappa shape index (κ1) is 22.1. The lowest BCUT2D eigenvalue weighted by molar-refractivity contribution is -0.131. The fraction of sp³-hybridized carbons (Fsp3) is 0.231. The predicted molar refractivity (Wildman–Crippen MR) is 122 cm³/mol. The Kier molecular flexibility index (Phi) is 8.23. The van der Waals surface area contributed by atoms with Crippen molar-refractivity contribution in [1.29, 1.82) is 0 Å². The van der Waals surface area contributed by atoms with Crippen LogP contribution in [0.1, 0.15) is 27.9 Å². The van der Waals surface area contributed by atoms with Crippen LogP contribution in [0.25, 0.3) is 0 Å². The largest absolute Gasteiger partial charge is 0.496 e. The fourth-order valence-corrected chi connectivity index (χ4v) is 3.37. The van der Waals surface area contributed by atoms with E-state index in [1.54, 1.807) is 18.2 Å².